The van der Waals surface area contributed by atoms with Gasteiger partial charge in [0.25, 0.3) is 11.8 Å². The van der Waals surface area contributed by atoms with E-state index in [1.165, 1.54) is 0 Å². The van der Waals surface area contributed by atoms with Crippen LogP contribution in [-0.4, -0.2) is 35.3 Å². The number of carbonyl (C=O) groups excluding carboxylic acids is 4. The molecule has 0 saturated carbocycles. The first-order chi connectivity index (χ1) is 8.81. The Morgan fingerprint density at radius 2 is 2.05 bits per heavy atom. The first-order valence-electron chi connectivity index (χ1n) is 6.15. The van der Waals surface area contributed by atoms with Crippen LogP contribution < -0.4 is 5.32 Å². The maximum Gasteiger partial charge on any atom is 0.352 e. The van der Waals surface area contributed by atoms with Gasteiger partial charge in [-0.2, -0.15) is 0 Å². The van der Waals surface area contributed by atoms with E-state index in [0.29, 0.717) is 11.5 Å². The van der Waals surface area contributed by atoms with Gasteiger partial charge in [0.05, 0.1) is 0 Å². The molecule has 0 spiro atoms. The molecule has 0 bridgehead atoms. The molecule has 1 fully saturated rings. The lowest BCUT2D eigenvalue weighted by atomic mass is 10.1. The molecule has 1 atom stereocenters. The molecule has 3 amide bonds. The molecule has 0 aromatic rings. The Kier molecular flexibility index (Phi) is 5.02. The molecule has 0 aliphatic carbocycles. The number of nitrogens with one attached hydrogen (secondary N) is 1. The zero-order valence-corrected chi connectivity index (χ0v) is 11.3. The highest BCUT2D eigenvalue weighted by atomic mass is 16.7. The molecule has 1 saturated heterocycles. The van der Waals surface area contributed by atoms with Gasteiger partial charge in [-0.15, -0.1) is 5.06 Å². The van der Waals surface area contributed by atoms with Gasteiger partial charge in [-0.3, -0.25) is 14.4 Å². The Balaban J connectivity index is 2.38. The standard InChI is InChI=1S/C12H18N2O5/c1-7(2)4-9(15)13-6-11(17)19-14-10(16)5-8(3)12(14)18/h7-8H,4-6H2,1-3H3,(H,13,15). The van der Waals surface area contributed by atoms with Gasteiger partial charge < -0.3 is 10.2 Å². The largest absolute Gasteiger partial charge is 0.352 e. The Hall–Kier alpha value is -1.92. The van der Waals surface area contributed by atoms with Crippen LogP contribution in [0.15, 0.2) is 0 Å². The summed E-state index contributed by atoms with van der Waals surface area (Å²) in [5, 5.41) is 2.84. The van der Waals surface area contributed by atoms with Crippen LogP contribution in [0.4, 0.5) is 0 Å². The van der Waals surface area contributed by atoms with Crippen molar-refractivity contribution in [2.24, 2.45) is 11.8 Å². The lowest BCUT2D eigenvalue weighted by molar-refractivity contribution is -0.197. The van der Waals surface area contributed by atoms with Crippen molar-refractivity contribution < 1.29 is 24.0 Å². The Morgan fingerprint density at radius 1 is 1.42 bits per heavy atom. The van der Waals surface area contributed by atoms with Gasteiger partial charge in [-0.25, -0.2) is 4.79 Å². The predicted molar refractivity (Wildman–Crippen MR) is 64.2 cm³/mol. The zero-order chi connectivity index (χ0) is 14.6. The van der Waals surface area contributed by atoms with Crippen LogP contribution >= 0.6 is 0 Å². The topological polar surface area (TPSA) is 92.8 Å². The fraction of sp³-hybridized carbons (Fsp3) is 0.667. The number of nitrogens with zero attached hydrogens (tertiary/aromatic N) is 1. The SMILES string of the molecule is CC(C)CC(=O)NCC(=O)ON1C(=O)CC(C)C1=O. The van der Waals surface area contributed by atoms with Crippen LogP contribution in [0.5, 0.6) is 0 Å². The summed E-state index contributed by atoms with van der Waals surface area (Å²) >= 11 is 0. The Labute approximate surface area is 111 Å². The molecule has 1 rings (SSSR count). The molecule has 0 aromatic heterocycles. The van der Waals surface area contributed by atoms with Gasteiger partial charge in [0.2, 0.25) is 5.91 Å². The van der Waals surface area contributed by atoms with E-state index in [9.17, 15) is 19.2 Å². The quantitative estimate of drug-likeness (QED) is 0.710. The van der Waals surface area contributed by atoms with Crippen molar-refractivity contribution in [1.82, 2.24) is 10.4 Å². The van der Waals surface area contributed by atoms with Crippen molar-refractivity contribution in [3.05, 3.63) is 0 Å². The Bertz CT molecular complexity index is 405. The lowest BCUT2D eigenvalue weighted by Gasteiger charge is -2.13. The highest BCUT2D eigenvalue weighted by molar-refractivity contribution is 6.03. The minimum atomic E-state index is -0.840. The second-order valence-corrected chi connectivity index (χ2v) is 4.97. The zero-order valence-electron chi connectivity index (χ0n) is 11.3. The van der Waals surface area contributed by atoms with Crippen LogP contribution in [0.2, 0.25) is 0 Å². The average molecular weight is 270 g/mol. The third kappa shape index (κ3) is 4.35. The van der Waals surface area contributed by atoms with Crippen molar-refractivity contribution in [3.63, 3.8) is 0 Å². The molecule has 1 N–H and O–H groups in total. The summed E-state index contributed by atoms with van der Waals surface area (Å²) in [5.41, 5.74) is 0. The summed E-state index contributed by atoms with van der Waals surface area (Å²) in [6, 6.07) is 0. The van der Waals surface area contributed by atoms with Crippen molar-refractivity contribution in [2.45, 2.75) is 33.6 Å². The van der Waals surface area contributed by atoms with Gasteiger partial charge in [0, 0.05) is 18.8 Å². The molecule has 0 aromatic carbocycles. The smallest absolute Gasteiger partial charge is 0.345 e. The van der Waals surface area contributed by atoms with E-state index in [2.05, 4.69) is 10.2 Å². The molecular formula is C12H18N2O5. The highest BCUT2D eigenvalue weighted by Crippen LogP contribution is 2.18. The van der Waals surface area contributed by atoms with Crippen molar-refractivity contribution in [2.75, 3.05) is 6.54 Å². The monoisotopic (exact) mass is 270 g/mol. The molecule has 1 heterocycles. The third-order valence-corrected chi connectivity index (χ3v) is 2.55. The summed E-state index contributed by atoms with van der Waals surface area (Å²) in [7, 11) is 0. The normalized spacial score (nSPS) is 18.9. The highest BCUT2D eigenvalue weighted by Gasteiger charge is 2.38. The second kappa shape index (κ2) is 6.31. The summed E-state index contributed by atoms with van der Waals surface area (Å²) in [6.07, 6.45) is 0.331. The van der Waals surface area contributed by atoms with Crippen molar-refractivity contribution >= 4 is 23.7 Å². The maximum absolute atomic E-state index is 11.5. The number of hydrogen-bond donors (Lipinski definition) is 1. The fourth-order valence-electron chi connectivity index (χ4n) is 1.60. The van der Waals surface area contributed by atoms with E-state index < -0.39 is 23.7 Å². The third-order valence-electron chi connectivity index (χ3n) is 2.55. The summed E-state index contributed by atoms with van der Waals surface area (Å²) in [5.74, 6) is -2.49. The van der Waals surface area contributed by atoms with E-state index in [1.54, 1.807) is 6.92 Å². The van der Waals surface area contributed by atoms with E-state index in [1.807, 2.05) is 13.8 Å². The molecule has 19 heavy (non-hydrogen) atoms. The van der Waals surface area contributed by atoms with Crippen LogP contribution in [0.3, 0.4) is 0 Å². The van der Waals surface area contributed by atoms with Gasteiger partial charge in [-0.1, -0.05) is 20.8 Å². The van der Waals surface area contributed by atoms with Gasteiger partial charge in [0.1, 0.15) is 6.54 Å². The van der Waals surface area contributed by atoms with Crippen LogP contribution in [0.25, 0.3) is 0 Å². The number of imide groups is 1. The number of rotatable bonds is 5. The van der Waals surface area contributed by atoms with E-state index in [-0.39, 0.29) is 24.8 Å². The predicted octanol–water partition coefficient (Wildman–Crippen LogP) is 0.00190. The number of hydroxylamine groups is 2. The molecule has 106 valence electrons. The maximum atomic E-state index is 11.5. The van der Waals surface area contributed by atoms with E-state index in [4.69, 9.17) is 0 Å². The minimum absolute atomic E-state index is 0.0336. The molecular weight excluding hydrogens is 252 g/mol. The van der Waals surface area contributed by atoms with E-state index >= 15 is 0 Å². The lowest BCUT2D eigenvalue weighted by Crippen LogP contribution is -2.38. The minimum Gasteiger partial charge on any atom is -0.345 e. The summed E-state index contributed by atoms with van der Waals surface area (Å²) < 4.78 is 0. The second-order valence-electron chi connectivity index (χ2n) is 4.97. The van der Waals surface area contributed by atoms with Crippen molar-refractivity contribution in [1.29, 1.82) is 0 Å². The van der Waals surface area contributed by atoms with Crippen molar-refractivity contribution in [3.8, 4) is 0 Å². The summed E-state index contributed by atoms with van der Waals surface area (Å²) in [4.78, 5) is 50.2. The summed E-state index contributed by atoms with van der Waals surface area (Å²) in [6.45, 7) is 4.97. The molecule has 0 radical (unpaired) electrons. The first kappa shape index (κ1) is 15.1. The number of carbonyl (C=O) groups is 4. The molecule has 7 nitrogen and oxygen atoms in total. The fourth-order valence-corrected chi connectivity index (χ4v) is 1.60. The molecule has 1 unspecified atom stereocenters. The molecule has 1 aliphatic rings. The van der Waals surface area contributed by atoms with Gasteiger partial charge in [-0.05, 0) is 5.92 Å². The molecule has 7 heteroatoms. The van der Waals surface area contributed by atoms with Gasteiger partial charge >= 0.3 is 5.97 Å². The van der Waals surface area contributed by atoms with Crippen LogP contribution in [0, 0.1) is 11.8 Å². The number of hydrogen-bond acceptors (Lipinski definition) is 5. The average Bonchev–Trinajstić information content (AvgIpc) is 2.52. The van der Waals surface area contributed by atoms with E-state index in [0.717, 1.165) is 0 Å². The van der Waals surface area contributed by atoms with Crippen LogP contribution in [0.1, 0.15) is 33.6 Å². The first-order valence-corrected chi connectivity index (χ1v) is 6.15. The van der Waals surface area contributed by atoms with Crippen LogP contribution in [-0.2, 0) is 24.0 Å². The molecule has 1 aliphatic heterocycles. The Morgan fingerprint density at radius 3 is 2.53 bits per heavy atom. The van der Waals surface area contributed by atoms with Gasteiger partial charge in [0.15, 0.2) is 0 Å². The number of amides is 3.